The van der Waals surface area contributed by atoms with Crippen LogP contribution in [0.4, 0.5) is 0 Å². The van der Waals surface area contributed by atoms with Crippen LogP contribution in [0.1, 0.15) is 17.5 Å². The third-order valence-corrected chi connectivity index (χ3v) is 4.82. The summed E-state index contributed by atoms with van der Waals surface area (Å²) in [5.41, 5.74) is 8.87. The number of hydrogen-bond donors (Lipinski definition) is 1. The lowest BCUT2D eigenvalue weighted by molar-refractivity contribution is 0.304. The second-order valence-corrected chi connectivity index (χ2v) is 6.77. The Morgan fingerprint density at radius 1 is 1.04 bits per heavy atom. The maximum absolute atomic E-state index is 6.66. The zero-order valence-corrected chi connectivity index (χ0v) is 14.6. The van der Waals surface area contributed by atoms with Crippen molar-refractivity contribution in [1.29, 1.82) is 0 Å². The highest BCUT2D eigenvalue weighted by molar-refractivity contribution is 5.30. The first-order valence-corrected chi connectivity index (χ1v) is 8.81. The van der Waals surface area contributed by atoms with Gasteiger partial charge in [0.15, 0.2) is 0 Å². The molecule has 2 N–H and O–H groups in total. The van der Waals surface area contributed by atoms with Gasteiger partial charge in [-0.3, -0.25) is 9.88 Å². The summed E-state index contributed by atoms with van der Waals surface area (Å²) < 4.78 is 5.69. The zero-order chi connectivity index (χ0) is 17.8. The molecule has 0 radical (unpaired) electrons. The first-order valence-electron chi connectivity index (χ1n) is 8.81. The van der Waals surface area contributed by atoms with E-state index in [0.717, 1.165) is 31.8 Å². The van der Waals surface area contributed by atoms with Gasteiger partial charge in [-0.15, -0.1) is 0 Å². The molecule has 132 valence electrons. The standard InChI is InChI=1S/C21H22N4O/c22-21(18-4-2-1-3-5-18)10-13-25(16-21)15-17-6-8-19(9-7-17)26-20-14-23-11-12-24-20/h1-9,11-12,14H,10,13,15-16,22H2. The van der Waals surface area contributed by atoms with Crippen LogP contribution in [-0.4, -0.2) is 28.0 Å². The first kappa shape index (κ1) is 16.7. The number of likely N-dealkylation sites (tertiary alicyclic amines) is 1. The SMILES string of the molecule is NC1(c2ccccc2)CCN(Cc2ccc(Oc3cnccn3)cc2)C1. The molecular weight excluding hydrogens is 324 g/mol. The fourth-order valence-electron chi connectivity index (χ4n) is 3.44. The lowest BCUT2D eigenvalue weighted by atomic mass is 9.90. The summed E-state index contributed by atoms with van der Waals surface area (Å²) in [6, 6.07) is 18.5. The molecule has 26 heavy (non-hydrogen) atoms. The van der Waals surface area contributed by atoms with Gasteiger partial charge < -0.3 is 10.5 Å². The number of nitrogens with zero attached hydrogens (tertiary/aromatic N) is 3. The third kappa shape index (κ3) is 3.74. The van der Waals surface area contributed by atoms with Crippen LogP contribution in [0.2, 0.25) is 0 Å². The van der Waals surface area contributed by atoms with Gasteiger partial charge in [-0.1, -0.05) is 42.5 Å². The fraction of sp³-hybridized carbons (Fsp3) is 0.238. The van der Waals surface area contributed by atoms with Crippen molar-refractivity contribution in [2.45, 2.75) is 18.5 Å². The molecule has 4 rings (SSSR count). The van der Waals surface area contributed by atoms with Crippen LogP contribution in [0.25, 0.3) is 0 Å². The second kappa shape index (κ2) is 7.23. The van der Waals surface area contributed by atoms with Crippen molar-refractivity contribution in [3.63, 3.8) is 0 Å². The van der Waals surface area contributed by atoms with Gasteiger partial charge in [0.05, 0.1) is 11.7 Å². The number of nitrogens with two attached hydrogens (primary N) is 1. The molecule has 0 saturated carbocycles. The van der Waals surface area contributed by atoms with Crippen LogP contribution >= 0.6 is 0 Å². The maximum Gasteiger partial charge on any atom is 0.237 e. The van der Waals surface area contributed by atoms with E-state index in [-0.39, 0.29) is 5.54 Å². The molecule has 1 unspecified atom stereocenters. The highest BCUT2D eigenvalue weighted by Crippen LogP contribution is 2.30. The predicted molar refractivity (Wildman–Crippen MR) is 101 cm³/mol. The topological polar surface area (TPSA) is 64.3 Å². The van der Waals surface area contributed by atoms with Crippen LogP contribution in [0.3, 0.4) is 0 Å². The Morgan fingerprint density at radius 3 is 2.58 bits per heavy atom. The van der Waals surface area contributed by atoms with Crippen molar-refractivity contribution < 1.29 is 4.74 Å². The molecule has 1 aliphatic rings. The number of rotatable bonds is 5. The quantitative estimate of drug-likeness (QED) is 0.768. The zero-order valence-electron chi connectivity index (χ0n) is 14.6. The van der Waals surface area contributed by atoms with Gasteiger partial charge in [0.25, 0.3) is 0 Å². The van der Waals surface area contributed by atoms with Crippen molar-refractivity contribution in [2.24, 2.45) is 5.73 Å². The van der Waals surface area contributed by atoms with Crippen molar-refractivity contribution >= 4 is 0 Å². The molecule has 3 aromatic rings. The average Bonchev–Trinajstić information content (AvgIpc) is 3.07. The predicted octanol–water partition coefficient (Wildman–Crippen LogP) is 3.33. The van der Waals surface area contributed by atoms with Crippen molar-refractivity contribution in [3.05, 3.63) is 84.3 Å². The van der Waals surface area contributed by atoms with Gasteiger partial charge in [-0.2, -0.15) is 0 Å². The molecule has 1 atom stereocenters. The van der Waals surface area contributed by atoms with Gasteiger partial charge >= 0.3 is 0 Å². The van der Waals surface area contributed by atoms with E-state index < -0.39 is 0 Å². The van der Waals surface area contributed by atoms with Gasteiger partial charge in [0.1, 0.15) is 5.75 Å². The van der Waals surface area contributed by atoms with Crippen LogP contribution in [0.15, 0.2) is 73.2 Å². The van der Waals surface area contributed by atoms with Crippen LogP contribution in [0.5, 0.6) is 11.6 Å². The normalized spacial score (nSPS) is 20.2. The summed E-state index contributed by atoms with van der Waals surface area (Å²) in [4.78, 5) is 10.5. The first-order chi connectivity index (χ1) is 12.7. The molecule has 2 heterocycles. The molecule has 0 spiro atoms. The van der Waals surface area contributed by atoms with E-state index in [1.165, 1.54) is 11.1 Å². The Labute approximate surface area is 153 Å². The summed E-state index contributed by atoms with van der Waals surface area (Å²) in [6.07, 6.45) is 5.81. The smallest absolute Gasteiger partial charge is 0.237 e. The fourth-order valence-corrected chi connectivity index (χ4v) is 3.44. The molecular formula is C21H22N4O. The van der Waals surface area contributed by atoms with E-state index >= 15 is 0 Å². The van der Waals surface area contributed by atoms with E-state index in [1.807, 2.05) is 18.2 Å². The average molecular weight is 346 g/mol. The Balaban J connectivity index is 1.38. The van der Waals surface area contributed by atoms with Crippen LogP contribution in [0, 0.1) is 0 Å². The second-order valence-electron chi connectivity index (χ2n) is 6.77. The van der Waals surface area contributed by atoms with Crippen molar-refractivity contribution in [1.82, 2.24) is 14.9 Å². The molecule has 5 heteroatoms. The monoisotopic (exact) mass is 346 g/mol. The Bertz CT molecular complexity index is 839. The van der Waals surface area contributed by atoms with Crippen LogP contribution in [-0.2, 0) is 12.1 Å². The minimum atomic E-state index is -0.254. The van der Waals surface area contributed by atoms with Gasteiger partial charge in [0.2, 0.25) is 5.88 Å². The minimum absolute atomic E-state index is 0.254. The van der Waals surface area contributed by atoms with Gasteiger partial charge in [0, 0.05) is 32.0 Å². The molecule has 0 amide bonds. The molecule has 0 aliphatic carbocycles. The van der Waals surface area contributed by atoms with E-state index in [0.29, 0.717) is 5.88 Å². The summed E-state index contributed by atoms with van der Waals surface area (Å²) in [5.74, 6) is 1.25. The van der Waals surface area contributed by atoms with E-state index in [4.69, 9.17) is 10.5 Å². The van der Waals surface area contributed by atoms with Crippen molar-refractivity contribution in [3.8, 4) is 11.6 Å². The molecule has 0 bridgehead atoms. The van der Waals surface area contributed by atoms with E-state index in [2.05, 4.69) is 51.3 Å². The number of benzene rings is 2. The van der Waals surface area contributed by atoms with Crippen molar-refractivity contribution in [2.75, 3.05) is 13.1 Å². The maximum atomic E-state index is 6.66. The summed E-state index contributed by atoms with van der Waals surface area (Å²) in [5, 5.41) is 0. The Kier molecular flexibility index (Phi) is 4.65. The molecule has 1 fully saturated rings. The largest absolute Gasteiger partial charge is 0.438 e. The lowest BCUT2D eigenvalue weighted by Crippen LogP contribution is -2.39. The Hall–Kier alpha value is -2.76. The molecule has 1 saturated heterocycles. The summed E-state index contributed by atoms with van der Waals surface area (Å²) >= 11 is 0. The summed E-state index contributed by atoms with van der Waals surface area (Å²) in [6.45, 7) is 2.76. The number of ether oxygens (including phenoxy) is 1. The Morgan fingerprint density at radius 2 is 1.85 bits per heavy atom. The number of hydrogen-bond acceptors (Lipinski definition) is 5. The van der Waals surface area contributed by atoms with Gasteiger partial charge in [-0.25, -0.2) is 4.98 Å². The molecule has 5 nitrogen and oxygen atoms in total. The molecule has 1 aromatic heterocycles. The van der Waals surface area contributed by atoms with Gasteiger partial charge in [-0.05, 0) is 29.7 Å². The van der Waals surface area contributed by atoms with E-state index in [1.54, 1.807) is 18.6 Å². The minimum Gasteiger partial charge on any atom is -0.438 e. The summed E-state index contributed by atoms with van der Waals surface area (Å²) in [7, 11) is 0. The highest BCUT2D eigenvalue weighted by atomic mass is 16.5. The van der Waals surface area contributed by atoms with Crippen LogP contribution < -0.4 is 10.5 Å². The number of aromatic nitrogens is 2. The third-order valence-electron chi connectivity index (χ3n) is 4.82. The molecule has 2 aromatic carbocycles. The highest BCUT2D eigenvalue weighted by Gasteiger charge is 2.35. The molecule has 1 aliphatic heterocycles. The van der Waals surface area contributed by atoms with E-state index in [9.17, 15) is 0 Å². The lowest BCUT2D eigenvalue weighted by Gasteiger charge is -2.25.